The summed E-state index contributed by atoms with van der Waals surface area (Å²) in [5.41, 5.74) is 3.95. The molecule has 0 fully saturated rings. The average Bonchev–Trinajstić information content (AvgIpc) is 2.92. The van der Waals surface area contributed by atoms with E-state index in [1.807, 2.05) is 38.5 Å². The second-order valence-electron chi connectivity index (χ2n) is 4.59. The van der Waals surface area contributed by atoms with Gasteiger partial charge in [0.25, 0.3) is 0 Å². The molecule has 6 nitrogen and oxygen atoms in total. The maximum atomic E-state index is 4.44. The fourth-order valence-electron chi connectivity index (χ4n) is 2.06. The van der Waals surface area contributed by atoms with Crippen LogP contribution in [0.25, 0.3) is 5.65 Å². The summed E-state index contributed by atoms with van der Waals surface area (Å²) in [5.74, 6) is 0.591. The minimum atomic E-state index is 0.591. The van der Waals surface area contributed by atoms with Gasteiger partial charge in [-0.3, -0.25) is 4.68 Å². The lowest BCUT2D eigenvalue weighted by Crippen LogP contribution is -1.95. The highest BCUT2D eigenvalue weighted by Gasteiger charge is 2.09. The number of aromatic nitrogens is 5. The van der Waals surface area contributed by atoms with E-state index >= 15 is 0 Å². The molecular formula is C13H16N6. The van der Waals surface area contributed by atoms with Crippen LogP contribution in [0.1, 0.15) is 18.2 Å². The van der Waals surface area contributed by atoms with Crippen molar-refractivity contribution in [3.05, 3.63) is 35.8 Å². The summed E-state index contributed by atoms with van der Waals surface area (Å²) < 4.78 is 3.57. The fourth-order valence-corrected chi connectivity index (χ4v) is 2.06. The standard InChI is InChI=1S/C13H16N6/c1-4-10-11(8-18(3)16-10)14-13-15-12-6-5-9(2)7-19(12)17-13/h5-8H,4H2,1-3H3,(H,14,17). The van der Waals surface area contributed by atoms with Gasteiger partial charge in [-0.25, -0.2) is 4.52 Å². The van der Waals surface area contributed by atoms with Crippen molar-refractivity contribution in [3.8, 4) is 0 Å². The van der Waals surface area contributed by atoms with Crippen molar-refractivity contribution in [3.63, 3.8) is 0 Å². The van der Waals surface area contributed by atoms with Crippen LogP contribution in [0.3, 0.4) is 0 Å². The van der Waals surface area contributed by atoms with Crippen LogP contribution < -0.4 is 5.32 Å². The van der Waals surface area contributed by atoms with Crippen molar-refractivity contribution in [1.82, 2.24) is 24.4 Å². The van der Waals surface area contributed by atoms with Gasteiger partial charge >= 0.3 is 0 Å². The summed E-state index contributed by atoms with van der Waals surface area (Å²) >= 11 is 0. The zero-order valence-corrected chi connectivity index (χ0v) is 11.3. The lowest BCUT2D eigenvalue weighted by Gasteiger charge is -1.98. The first-order valence-electron chi connectivity index (χ1n) is 6.28. The van der Waals surface area contributed by atoms with Gasteiger partial charge in [0, 0.05) is 19.4 Å². The molecular weight excluding hydrogens is 240 g/mol. The number of nitrogens with one attached hydrogen (secondary N) is 1. The van der Waals surface area contributed by atoms with Gasteiger partial charge in [-0.05, 0) is 25.0 Å². The summed E-state index contributed by atoms with van der Waals surface area (Å²) in [4.78, 5) is 4.44. The van der Waals surface area contributed by atoms with Crippen LogP contribution in [-0.4, -0.2) is 24.4 Å². The highest BCUT2D eigenvalue weighted by molar-refractivity contribution is 5.57. The Balaban J connectivity index is 1.96. The van der Waals surface area contributed by atoms with Gasteiger partial charge in [0.15, 0.2) is 5.65 Å². The molecule has 0 atom stereocenters. The van der Waals surface area contributed by atoms with E-state index in [0.717, 1.165) is 29.0 Å². The normalized spacial score (nSPS) is 11.1. The number of pyridine rings is 1. The predicted molar refractivity (Wildman–Crippen MR) is 73.6 cm³/mol. The van der Waals surface area contributed by atoms with Crippen molar-refractivity contribution in [2.75, 3.05) is 5.32 Å². The summed E-state index contributed by atoms with van der Waals surface area (Å²) in [5, 5.41) is 12.0. The molecule has 98 valence electrons. The van der Waals surface area contributed by atoms with Crippen LogP contribution in [-0.2, 0) is 13.5 Å². The Kier molecular flexibility index (Phi) is 2.70. The highest BCUT2D eigenvalue weighted by atomic mass is 15.4. The molecule has 0 radical (unpaired) electrons. The monoisotopic (exact) mass is 256 g/mol. The Labute approximate surface area is 111 Å². The number of hydrogen-bond donors (Lipinski definition) is 1. The molecule has 0 spiro atoms. The smallest absolute Gasteiger partial charge is 0.247 e. The van der Waals surface area contributed by atoms with Gasteiger partial charge in [0.1, 0.15) is 0 Å². The summed E-state index contributed by atoms with van der Waals surface area (Å²) in [7, 11) is 1.91. The third-order valence-electron chi connectivity index (χ3n) is 2.97. The van der Waals surface area contributed by atoms with E-state index in [1.165, 1.54) is 0 Å². The first kappa shape index (κ1) is 11.7. The van der Waals surface area contributed by atoms with E-state index in [9.17, 15) is 0 Å². The Morgan fingerprint density at radius 1 is 1.21 bits per heavy atom. The molecule has 0 aliphatic carbocycles. The lowest BCUT2D eigenvalue weighted by atomic mass is 10.3. The van der Waals surface area contributed by atoms with E-state index in [-0.39, 0.29) is 0 Å². The summed E-state index contributed by atoms with van der Waals surface area (Å²) in [6, 6.07) is 3.98. The number of rotatable bonds is 3. The van der Waals surface area contributed by atoms with Crippen molar-refractivity contribution in [2.45, 2.75) is 20.3 Å². The van der Waals surface area contributed by atoms with Crippen molar-refractivity contribution >= 4 is 17.3 Å². The van der Waals surface area contributed by atoms with Gasteiger partial charge in [-0.1, -0.05) is 13.0 Å². The molecule has 1 N–H and O–H groups in total. The van der Waals surface area contributed by atoms with Gasteiger partial charge in [-0.15, -0.1) is 5.10 Å². The highest BCUT2D eigenvalue weighted by Crippen LogP contribution is 2.18. The maximum absolute atomic E-state index is 4.44. The topological polar surface area (TPSA) is 60.0 Å². The van der Waals surface area contributed by atoms with Crippen LogP contribution in [0, 0.1) is 6.92 Å². The Morgan fingerprint density at radius 3 is 2.84 bits per heavy atom. The van der Waals surface area contributed by atoms with Crippen LogP contribution in [0.4, 0.5) is 11.6 Å². The van der Waals surface area contributed by atoms with Crippen LogP contribution in [0.5, 0.6) is 0 Å². The molecule has 3 rings (SSSR count). The van der Waals surface area contributed by atoms with Crippen molar-refractivity contribution in [2.24, 2.45) is 7.05 Å². The molecule has 0 saturated heterocycles. The van der Waals surface area contributed by atoms with E-state index in [4.69, 9.17) is 0 Å². The van der Waals surface area contributed by atoms with E-state index < -0.39 is 0 Å². The first-order chi connectivity index (χ1) is 9.15. The van der Waals surface area contributed by atoms with Crippen LogP contribution in [0.2, 0.25) is 0 Å². The number of nitrogens with zero attached hydrogens (tertiary/aromatic N) is 5. The number of aryl methyl sites for hydroxylation is 3. The molecule has 0 bridgehead atoms. The molecule has 0 saturated carbocycles. The first-order valence-corrected chi connectivity index (χ1v) is 6.28. The molecule has 6 heteroatoms. The number of anilines is 2. The van der Waals surface area contributed by atoms with Crippen molar-refractivity contribution in [1.29, 1.82) is 0 Å². The number of hydrogen-bond acceptors (Lipinski definition) is 4. The van der Waals surface area contributed by atoms with Gasteiger partial charge < -0.3 is 5.32 Å². The third kappa shape index (κ3) is 2.16. The van der Waals surface area contributed by atoms with E-state index in [1.54, 1.807) is 9.20 Å². The lowest BCUT2D eigenvalue weighted by molar-refractivity contribution is 0.746. The van der Waals surface area contributed by atoms with Crippen molar-refractivity contribution < 1.29 is 0 Å². The summed E-state index contributed by atoms with van der Waals surface area (Å²) in [6.07, 6.45) is 4.77. The number of fused-ring (bicyclic) bond motifs is 1. The fraction of sp³-hybridized carbons (Fsp3) is 0.308. The summed E-state index contributed by atoms with van der Waals surface area (Å²) in [6.45, 7) is 4.11. The molecule has 3 aromatic heterocycles. The van der Waals surface area contributed by atoms with Crippen LogP contribution >= 0.6 is 0 Å². The molecule has 0 aromatic carbocycles. The minimum absolute atomic E-state index is 0.591. The average molecular weight is 256 g/mol. The maximum Gasteiger partial charge on any atom is 0.247 e. The Hall–Kier alpha value is -2.37. The van der Waals surface area contributed by atoms with Gasteiger partial charge in [-0.2, -0.15) is 10.1 Å². The Morgan fingerprint density at radius 2 is 2.05 bits per heavy atom. The van der Waals surface area contributed by atoms with E-state index in [2.05, 4.69) is 27.4 Å². The molecule has 0 unspecified atom stereocenters. The minimum Gasteiger partial charge on any atom is -0.320 e. The molecule has 0 aliphatic rings. The molecule has 0 amide bonds. The molecule has 3 aromatic rings. The van der Waals surface area contributed by atoms with Gasteiger partial charge in [0.2, 0.25) is 5.95 Å². The predicted octanol–water partition coefficient (Wildman–Crippen LogP) is 2.08. The quantitative estimate of drug-likeness (QED) is 0.779. The second kappa shape index (κ2) is 4.38. The second-order valence-corrected chi connectivity index (χ2v) is 4.59. The zero-order valence-electron chi connectivity index (χ0n) is 11.3. The van der Waals surface area contributed by atoms with Crippen LogP contribution in [0.15, 0.2) is 24.5 Å². The molecule has 0 aliphatic heterocycles. The largest absolute Gasteiger partial charge is 0.320 e. The molecule has 19 heavy (non-hydrogen) atoms. The van der Waals surface area contributed by atoms with Gasteiger partial charge in [0.05, 0.1) is 11.4 Å². The Bertz CT molecular complexity index is 724. The zero-order chi connectivity index (χ0) is 13.4. The third-order valence-corrected chi connectivity index (χ3v) is 2.97. The SMILES string of the molecule is CCc1nn(C)cc1Nc1nc2ccc(C)cn2n1. The van der Waals surface area contributed by atoms with E-state index in [0.29, 0.717) is 5.95 Å². The molecule has 3 heterocycles.